The van der Waals surface area contributed by atoms with Crippen molar-refractivity contribution in [1.82, 2.24) is 29.7 Å². The van der Waals surface area contributed by atoms with Crippen LogP contribution in [0, 0.1) is 11.8 Å². The number of imidazole rings is 1. The van der Waals surface area contributed by atoms with Crippen LogP contribution < -0.4 is 11.1 Å². The average Bonchev–Trinajstić information content (AvgIpc) is 3.31. The van der Waals surface area contributed by atoms with E-state index < -0.39 is 30.4 Å². The first-order valence-electron chi connectivity index (χ1n) is 10.1. The number of hydrogen-bond donors (Lipinski definition) is 4. The number of nitrogens with zero attached hydrogens (tertiary/aromatic N) is 5. The molecule has 0 saturated carbocycles. The number of likely N-dealkylation sites (N-methyl/N-ethyl adjacent to an activating group) is 1. The number of thioether (sulfide) groups is 1. The first kappa shape index (κ1) is 21.8. The van der Waals surface area contributed by atoms with Gasteiger partial charge in [0.25, 0.3) is 5.91 Å². The van der Waals surface area contributed by atoms with Gasteiger partial charge in [0, 0.05) is 31.1 Å². The normalized spacial score (nSPS) is 26.5. The molecule has 0 radical (unpaired) electrons. The number of aliphatic hydroxyl groups is 2. The van der Waals surface area contributed by atoms with Gasteiger partial charge in [-0.25, -0.2) is 15.0 Å². The third-order valence-electron chi connectivity index (χ3n) is 5.18. The number of amides is 1. The van der Waals surface area contributed by atoms with Gasteiger partial charge in [0.1, 0.15) is 17.7 Å². The van der Waals surface area contributed by atoms with E-state index in [1.807, 2.05) is 11.8 Å². The van der Waals surface area contributed by atoms with Gasteiger partial charge >= 0.3 is 0 Å². The molecule has 2 aliphatic rings. The summed E-state index contributed by atoms with van der Waals surface area (Å²) in [5, 5.41) is 23.4. The zero-order valence-corrected chi connectivity index (χ0v) is 17.9. The SMILES string of the molecule is CCNC(=O)C1OC(n2cnc3c(N)nc(C#CCN4CCSCC4)nc32)C(O)C1O. The maximum absolute atomic E-state index is 12.1. The van der Waals surface area contributed by atoms with Crippen LogP contribution in [0.1, 0.15) is 19.0 Å². The summed E-state index contributed by atoms with van der Waals surface area (Å²) in [6.07, 6.45) is -3.63. The number of hydrogen-bond acceptors (Lipinski definition) is 10. The Bertz CT molecular complexity index is 1010. The molecule has 1 amide bonds. The molecule has 166 valence electrons. The highest BCUT2D eigenvalue weighted by molar-refractivity contribution is 7.99. The molecule has 4 unspecified atom stereocenters. The standard InChI is InChI=1S/C19H25N7O4S/c1-2-21-18(29)15-13(27)14(28)19(30-15)26-10-22-12-16(20)23-11(24-17(12)26)4-3-5-25-6-8-31-9-7-25/h10,13-15,19,27-28H,2,5-9H2,1H3,(H,21,29)(H2,20,23,24). The highest BCUT2D eigenvalue weighted by Gasteiger charge is 2.47. The molecule has 0 aromatic carbocycles. The van der Waals surface area contributed by atoms with E-state index in [0.717, 1.165) is 24.6 Å². The van der Waals surface area contributed by atoms with Gasteiger partial charge in [-0.15, -0.1) is 0 Å². The van der Waals surface area contributed by atoms with Crippen molar-refractivity contribution < 1.29 is 19.7 Å². The van der Waals surface area contributed by atoms with E-state index in [-0.39, 0.29) is 11.6 Å². The van der Waals surface area contributed by atoms with Crippen LogP contribution in [-0.2, 0) is 9.53 Å². The number of nitrogen functional groups attached to an aromatic ring is 1. The van der Waals surface area contributed by atoms with Gasteiger partial charge in [0.2, 0.25) is 5.82 Å². The molecule has 0 aliphatic carbocycles. The summed E-state index contributed by atoms with van der Waals surface area (Å²) < 4.78 is 7.10. The van der Waals surface area contributed by atoms with E-state index in [1.54, 1.807) is 6.92 Å². The van der Waals surface area contributed by atoms with E-state index in [4.69, 9.17) is 10.5 Å². The van der Waals surface area contributed by atoms with Crippen molar-refractivity contribution in [2.45, 2.75) is 31.5 Å². The van der Waals surface area contributed by atoms with Gasteiger partial charge in [-0.1, -0.05) is 5.92 Å². The molecule has 0 spiro atoms. The Morgan fingerprint density at radius 2 is 2.13 bits per heavy atom. The molecule has 5 N–H and O–H groups in total. The summed E-state index contributed by atoms with van der Waals surface area (Å²) in [4.78, 5) is 27.2. The summed E-state index contributed by atoms with van der Waals surface area (Å²) >= 11 is 1.94. The molecule has 0 bridgehead atoms. The maximum atomic E-state index is 12.1. The van der Waals surface area contributed by atoms with Crippen molar-refractivity contribution in [3.05, 3.63) is 12.2 Å². The lowest BCUT2D eigenvalue weighted by molar-refractivity contribution is -0.137. The van der Waals surface area contributed by atoms with Crippen LogP contribution in [0.15, 0.2) is 6.33 Å². The zero-order chi connectivity index (χ0) is 22.0. The van der Waals surface area contributed by atoms with Crippen molar-refractivity contribution >= 4 is 34.7 Å². The summed E-state index contributed by atoms with van der Waals surface area (Å²) in [5.74, 6) is 8.09. The summed E-state index contributed by atoms with van der Waals surface area (Å²) in [6.45, 7) is 4.75. The maximum Gasteiger partial charge on any atom is 0.252 e. The minimum absolute atomic E-state index is 0.149. The number of anilines is 1. The van der Waals surface area contributed by atoms with Crippen molar-refractivity contribution in [2.24, 2.45) is 0 Å². The van der Waals surface area contributed by atoms with Crippen LogP contribution in [0.5, 0.6) is 0 Å². The topological polar surface area (TPSA) is 152 Å². The Balaban J connectivity index is 1.58. The number of fused-ring (bicyclic) bond motifs is 1. The first-order valence-corrected chi connectivity index (χ1v) is 11.2. The van der Waals surface area contributed by atoms with Crippen molar-refractivity contribution in [1.29, 1.82) is 0 Å². The largest absolute Gasteiger partial charge is 0.387 e. The van der Waals surface area contributed by atoms with Crippen molar-refractivity contribution in [2.75, 3.05) is 43.4 Å². The van der Waals surface area contributed by atoms with Gasteiger partial charge in [-0.05, 0) is 12.8 Å². The second-order valence-corrected chi connectivity index (χ2v) is 8.49. The number of rotatable bonds is 4. The number of carbonyl (C=O) groups excluding carboxylic acids is 1. The smallest absolute Gasteiger partial charge is 0.252 e. The summed E-state index contributed by atoms with van der Waals surface area (Å²) in [7, 11) is 0. The average molecular weight is 448 g/mol. The molecule has 2 fully saturated rings. The number of nitrogens with one attached hydrogen (secondary N) is 1. The first-order chi connectivity index (χ1) is 15.0. The molecule has 4 rings (SSSR count). The molecule has 2 aromatic heterocycles. The van der Waals surface area contributed by atoms with Crippen LogP contribution in [-0.4, -0.2) is 96.5 Å². The monoisotopic (exact) mass is 447 g/mol. The fourth-order valence-corrected chi connectivity index (χ4v) is 4.53. The van der Waals surface area contributed by atoms with Crippen LogP contribution in [0.4, 0.5) is 5.82 Å². The lowest BCUT2D eigenvalue weighted by Crippen LogP contribution is -2.42. The fourth-order valence-electron chi connectivity index (χ4n) is 3.55. The van der Waals surface area contributed by atoms with E-state index in [1.165, 1.54) is 10.9 Å². The van der Waals surface area contributed by atoms with Crippen LogP contribution in [0.2, 0.25) is 0 Å². The van der Waals surface area contributed by atoms with Crippen LogP contribution in [0.25, 0.3) is 11.2 Å². The number of nitrogens with two attached hydrogens (primary N) is 1. The molecule has 4 atom stereocenters. The Morgan fingerprint density at radius 1 is 1.35 bits per heavy atom. The second-order valence-electron chi connectivity index (χ2n) is 7.27. The highest BCUT2D eigenvalue weighted by atomic mass is 32.2. The molecule has 2 saturated heterocycles. The minimum atomic E-state index is -1.39. The summed E-state index contributed by atoms with van der Waals surface area (Å²) in [6, 6.07) is 0. The number of carbonyl (C=O) groups is 1. The van der Waals surface area contributed by atoms with E-state index in [9.17, 15) is 15.0 Å². The predicted octanol–water partition coefficient (Wildman–Crippen LogP) is -1.44. The Kier molecular flexibility index (Phi) is 6.59. The van der Waals surface area contributed by atoms with Crippen molar-refractivity contribution in [3.8, 4) is 11.8 Å². The van der Waals surface area contributed by atoms with E-state index in [2.05, 4.69) is 37.0 Å². The zero-order valence-electron chi connectivity index (χ0n) is 17.1. The molecule has 2 aliphatic heterocycles. The predicted molar refractivity (Wildman–Crippen MR) is 115 cm³/mol. The molecule has 11 nitrogen and oxygen atoms in total. The molecule has 31 heavy (non-hydrogen) atoms. The van der Waals surface area contributed by atoms with Gasteiger partial charge in [-0.3, -0.25) is 14.3 Å². The van der Waals surface area contributed by atoms with Gasteiger partial charge < -0.3 is 26.0 Å². The quantitative estimate of drug-likeness (QED) is 0.410. The Morgan fingerprint density at radius 3 is 2.87 bits per heavy atom. The molecule has 4 heterocycles. The van der Waals surface area contributed by atoms with Crippen LogP contribution in [0.3, 0.4) is 0 Å². The third kappa shape index (κ3) is 4.46. The lowest BCUT2D eigenvalue weighted by atomic mass is 10.1. The Hall–Kier alpha value is -2.43. The molecule has 2 aromatic rings. The third-order valence-corrected chi connectivity index (χ3v) is 6.12. The number of ether oxygens (including phenoxy) is 1. The molecule has 12 heteroatoms. The summed E-state index contributed by atoms with van der Waals surface area (Å²) in [5.41, 5.74) is 6.66. The van der Waals surface area contributed by atoms with Gasteiger partial charge in [0.05, 0.1) is 12.9 Å². The van der Waals surface area contributed by atoms with Crippen molar-refractivity contribution in [3.63, 3.8) is 0 Å². The van der Waals surface area contributed by atoms with Gasteiger partial charge in [0.15, 0.2) is 23.8 Å². The number of aromatic nitrogens is 4. The number of aliphatic hydroxyl groups excluding tert-OH is 2. The van der Waals surface area contributed by atoms with Crippen LogP contribution >= 0.6 is 11.8 Å². The van der Waals surface area contributed by atoms with E-state index in [0.29, 0.717) is 24.3 Å². The second kappa shape index (κ2) is 9.37. The Labute approximate surface area is 183 Å². The highest BCUT2D eigenvalue weighted by Crippen LogP contribution is 2.32. The molecular weight excluding hydrogens is 422 g/mol. The fraction of sp³-hybridized carbons (Fsp3) is 0.579. The lowest BCUT2D eigenvalue weighted by Gasteiger charge is -2.23. The van der Waals surface area contributed by atoms with E-state index >= 15 is 0 Å². The van der Waals surface area contributed by atoms with Gasteiger partial charge in [-0.2, -0.15) is 11.8 Å². The molecular formula is C19H25N7O4S. The minimum Gasteiger partial charge on any atom is -0.387 e.